The Morgan fingerprint density at radius 1 is 1.04 bits per heavy atom. The Kier molecular flexibility index (Phi) is 8.85. The van der Waals surface area contributed by atoms with Crippen molar-refractivity contribution in [1.82, 2.24) is 16.0 Å². The number of hydrogen-bond acceptors (Lipinski definition) is 3. The maximum atomic E-state index is 12.0. The van der Waals surface area contributed by atoms with Crippen LogP contribution in [0.5, 0.6) is 5.75 Å². The van der Waals surface area contributed by atoms with Crippen LogP contribution in [-0.4, -0.2) is 39.1 Å². The average Bonchev–Trinajstić information content (AvgIpc) is 2.75. The molecule has 0 aromatic heterocycles. The summed E-state index contributed by atoms with van der Waals surface area (Å²) in [5.74, 6) is 1.82. The highest BCUT2D eigenvalue weighted by Gasteiger charge is 2.07. The number of methoxy groups -OCH3 is 1. The smallest absolute Gasteiger partial charge is 0.239 e. The lowest BCUT2D eigenvalue weighted by Gasteiger charge is -2.15. The number of nitrogens with zero attached hydrogens (tertiary/aromatic N) is 1. The van der Waals surface area contributed by atoms with Gasteiger partial charge in [0.05, 0.1) is 13.7 Å². The van der Waals surface area contributed by atoms with Crippen LogP contribution >= 0.6 is 0 Å². The molecule has 1 unspecified atom stereocenters. The van der Waals surface area contributed by atoms with Crippen LogP contribution in [0.2, 0.25) is 0 Å². The molecule has 0 saturated heterocycles. The van der Waals surface area contributed by atoms with Crippen molar-refractivity contribution < 1.29 is 9.53 Å². The van der Waals surface area contributed by atoms with Crippen LogP contribution in [-0.2, 0) is 11.3 Å². The molecule has 3 N–H and O–H groups in total. The van der Waals surface area contributed by atoms with Gasteiger partial charge in [-0.1, -0.05) is 49.4 Å². The summed E-state index contributed by atoms with van der Waals surface area (Å²) in [4.78, 5) is 16.2. The van der Waals surface area contributed by atoms with Crippen LogP contribution in [0, 0.1) is 0 Å². The topological polar surface area (TPSA) is 74.8 Å². The Balaban J connectivity index is 1.66. The van der Waals surface area contributed by atoms with Crippen molar-refractivity contribution in [3.63, 3.8) is 0 Å². The molecule has 0 heterocycles. The van der Waals surface area contributed by atoms with Crippen molar-refractivity contribution in [2.75, 3.05) is 27.2 Å². The van der Waals surface area contributed by atoms with E-state index in [2.05, 4.69) is 40.0 Å². The van der Waals surface area contributed by atoms with Crippen molar-refractivity contribution in [2.24, 2.45) is 4.99 Å². The molecule has 0 fully saturated rings. The molecule has 6 heteroatoms. The molecule has 1 atom stereocenters. The highest BCUT2D eigenvalue weighted by Crippen LogP contribution is 2.21. The van der Waals surface area contributed by atoms with Crippen LogP contribution in [0.25, 0.3) is 0 Å². The van der Waals surface area contributed by atoms with Gasteiger partial charge >= 0.3 is 0 Å². The summed E-state index contributed by atoms with van der Waals surface area (Å²) in [6.45, 7) is 3.66. The molecule has 1 amide bonds. The minimum Gasteiger partial charge on any atom is -0.497 e. The monoisotopic (exact) mass is 382 g/mol. The number of ether oxygens (including phenoxy) is 1. The maximum Gasteiger partial charge on any atom is 0.239 e. The summed E-state index contributed by atoms with van der Waals surface area (Å²) in [7, 11) is 3.37. The standard InChI is InChI=1S/C22H30N4O2/c1-17(19-9-11-20(28-3)12-10-19)13-14-24-22(23-2)26-16-21(27)25-15-18-7-5-4-6-8-18/h4-12,17H,13-16H2,1-3H3,(H,25,27)(H2,23,24,26). The minimum atomic E-state index is -0.0709. The fourth-order valence-electron chi connectivity index (χ4n) is 2.75. The first-order valence-corrected chi connectivity index (χ1v) is 9.51. The first-order chi connectivity index (χ1) is 13.6. The summed E-state index contributed by atoms with van der Waals surface area (Å²) in [6, 6.07) is 18.0. The Bertz CT molecular complexity index is 745. The fraction of sp³-hybridized carbons (Fsp3) is 0.364. The summed E-state index contributed by atoms with van der Waals surface area (Å²) < 4.78 is 5.20. The van der Waals surface area contributed by atoms with E-state index < -0.39 is 0 Å². The van der Waals surface area contributed by atoms with E-state index in [0.717, 1.165) is 24.3 Å². The molecule has 6 nitrogen and oxygen atoms in total. The number of amides is 1. The SMILES string of the molecule is CN=C(NCCC(C)c1ccc(OC)cc1)NCC(=O)NCc1ccccc1. The third kappa shape index (κ3) is 7.31. The number of benzene rings is 2. The second-order valence-corrected chi connectivity index (χ2v) is 6.58. The predicted octanol–water partition coefficient (Wildman–Crippen LogP) is 2.67. The van der Waals surface area contributed by atoms with Gasteiger partial charge in [0, 0.05) is 20.1 Å². The van der Waals surface area contributed by atoms with Crippen molar-refractivity contribution in [1.29, 1.82) is 0 Å². The van der Waals surface area contributed by atoms with Crippen molar-refractivity contribution in [3.05, 3.63) is 65.7 Å². The van der Waals surface area contributed by atoms with Crippen LogP contribution in [0.15, 0.2) is 59.6 Å². The van der Waals surface area contributed by atoms with Gasteiger partial charge in [-0.2, -0.15) is 0 Å². The molecule has 0 aliphatic heterocycles. The third-order valence-corrected chi connectivity index (χ3v) is 4.53. The van der Waals surface area contributed by atoms with Crippen LogP contribution < -0.4 is 20.7 Å². The van der Waals surface area contributed by atoms with Gasteiger partial charge in [0.1, 0.15) is 5.75 Å². The number of nitrogens with one attached hydrogen (secondary N) is 3. The molecule has 0 spiro atoms. The van der Waals surface area contributed by atoms with Crippen LogP contribution in [0.3, 0.4) is 0 Å². The number of rotatable bonds is 9. The summed E-state index contributed by atoms with van der Waals surface area (Å²) in [6.07, 6.45) is 0.952. The van der Waals surface area contributed by atoms with E-state index in [1.807, 2.05) is 42.5 Å². The molecule has 28 heavy (non-hydrogen) atoms. The third-order valence-electron chi connectivity index (χ3n) is 4.53. The van der Waals surface area contributed by atoms with Gasteiger partial charge in [-0.3, -0.25) is 9.79 Å². The normalized spacial score (nSPS) is 12.2. The zero-order valence-electron chi connectivity index (χ0n) is 16.9. The fourth-order valence-corrected chi connectivity index (χ4v) is 2.75. The zero-order chi connectivity index (χ0) is 20.2. The van der Waals surface area contributed by atoms with E-state index in [1.54, 1.807) is 14.2 Å². The summed E-state index contributed by atoms with van der Waals surface area (Å²) in [5, 5.41) is 9.19. The van der Waals surface area contributed by atoms with E-state index in [-0.39, 0.29) is 12.5 Å². The Hall–Kier alpha value is -3.02. The molecular formula is C22H30N4O2. The van der Waals surface area contributed by atoms with Gasteiger partial charge in [0.25, 0.3) is 0 Å². The van der Waals surface area contributed by atoms with E-state index in [0.29, 0.717) is 18.4 Å². The molecular weight excluding hydrogens is 352 g/mol. The van der Waals surface area contributed by atoms with Gasteiger partial charge in [0.15, 0.2) is 5.96 Å². The van der Waals surface area contributed by atoms with Crippen molar-refractivity contribution in [2.45, 2.75) is 25.8 Å². The van der Waals surface area contributed by atoms with Gasteiger partial charge in [0.2, 0.25) is 5.91 Å². The van der Waals surface area contributed by atoms with E-state index in [1.165, 1.54) is 5.56 Å². The second kappa shape index (κ2) is 11.6. The second-order valence-electron chi connectivity index (χ2n) is 6.58. The highest BCUT2D eigenvalue weighted by atomic mass is 16.5. The lowest BCUT2D eigenvalue weighted by molar-refractivity contribution is -0.120. The predicted molar refractivity (Wildman–Crippen MR) is 114 cm³/mol. The van der Waals surface area contributed by atoms with E-state index in [4.69, 9.17) is 4.74 Å². The van der Waals surface area contributed by atoms with Crippen LogP contribution in [0.1, 0.15) is 30.4 Å². The number of hydrogen-bond donors (Lipinski definition) is 3. The quantitative estimate of drug-likeness (QED) is 0.460. The molecule has 0 aliphatic carbocycles. The molecule has 2 aromatic carbocycles. The van der Waals surface area contributed by atoms with Gasteiger partial charge in [-0.15, -0.1) is 0 Å². The lowest BCUT2D eigenvalue weighted by Crippen LogP contribution is -2.43. The van der Waals surface area contributed by atoms with Crippen molar-refractivity contribution in [3.8, 4) is 5.75 Å². The number of carbonyl (C=O) groups is 1. The highest BCUT2D eigenvalue weighted by molar-refractivity contribution is 5.86. The van der Waals surface area contributed by atoms with Gasteiger partial charge in [-0.05, 0) is 35.6 Å². The van der Waals surface area contributed by atoms with E-state index >= 15 is 0 Å². The molecule has 2 aromatic rings. The van der Waals surface area contributed by atoms with Gasteiger partial charge in [-0.25, -0.2) is 0 Å². The van der Waals surface area contributed by atoms with E-state index in [9.17, 15) is 4.79 Å². The minimum absolute atomic E-state index is 0.0709. The number of carbonyl (C=O) groups excluding carboxylic acids is 1. The van der Waals surface area contributed by atoms with Crippen LogP contribution in [0.4, 0.5) is 0 Å². The Labute approximate surface area is 167 Å². The largest absolute Gasteiger partial charge is 0.497 e. The molecule has 2 rings (SSSR count). The summed E-state index contributed by atoms with van der Waals surface area (Å²) >= 11 is 0. The molecule has 0 radical (unpaired) electrons. The number of aliphatic imine (C=N–C) groups is 1. The zero-order valence-corrected chi connectivity index (χ0v) is 16.9. The molecule has 0 aliphatic rings. The van der Waals surface area contributed by atoms with Gasteiger partial charge < -0.3 is 20.7 Å². The molecule has 0 bridgehead atoms. The number of guanidine groups is 1. The average molecular weight is 383 g/mol. The van der Waals surface area contributed by atoms with Crippen molar-refractivity contribution >= 4 is 11.9 Å². The summed E-state index contributed by atoms with van der Waals surface area (Å²) in [5.41, 5.74) is 2.34. The Morgan fingerprint density at radius 2 is 1.75 bits per heavy atom. The first-order valence-electron chi connectivity index (χ1n) is 9.51. The Morgan fingerprint density at radius 3 is 2.39 bits per heavy atom. The lowest BCUT2D eigenvalue weighted by atomic mass is 9.98. The molecule has 0 saturated carbocycles. The first kappa shape index (κ1) is 21.3. The molecule has 150 valence electrons. The maximum absolute atomic E-state index is 12.0.